The van der Waals surface area contributed by atoms with Gasteiger partial charge in [0.1, 0.15) is 0 Å². The number of aromatic nitrogens is 1. The van der Waals surface area contributed by atoms with Crippen molar-refractivity contribution in [3.05, 3.63) is 35.0 Å². The predicted octanol–water partition coefficient (Wildman–Crippen LogP) is 2.83. The van der Waals surface area contributed by atoms with E-state index in [9.17, 15) is 9.59 Å². The molecule has 6 heteroatoms. The van der Waals surface area contributed by atoms with Gasteiger partial charge in [0.25, 0.3) is 0 Å². The number of carboxylic acids is 1. The van der Waals surface area contributed by atoms with E-state index in [-0.39, 0.29) is 24.8 Å². The van der Waals surface area contributed by atoms with Crippen LogP contribution in [0.4, 0.5) is 0 Å². The van der Waals surface area contributed by atoms with Crippen LogP contribution in [0.1, 0.15) is 24.8 Å². The highest BCUT2D eigenvalue weighted by Gasteiger charge is 2.30. The van der Waals surface area contributed by atoms with Crippen molar-refractivity contribution in [1.82, 2.24) is 9.88 Å². The number of carboxylic acid groups (broad SMARTS) is 1. The number of carbonyl (C=O) groups excluding carboxylic acids is 1. The smallest absolute Gasteiger partial charge is 0.305 e. The van der Waals surface area contributed by atoms with Gasteiger partial charge in [-0.15, -0.1) is 0 Å². The standard InChI is InChI=1S/C16H17ClN2O3/c17-11-3-4-14-13(7-11)10(9-18-14)6-15(20)19-5-1-2-12(19)8-16(21)22/h3-4,7,9,12,18H,1-2,5-6,8H2,(H,21,22). The van der Waals surface area contributed by atoms with E-state index >= 15 is 0 Å². The number of hydrogen-bond acceptors (Lipinski definition) is 2. The van der Waals surface area contributed by atoms with E-state index in [1.807, 2.05) is 18.3 Å². The maximum absolute atomic E-state index is 12.5. The number of H-pyrrole nitrogens is 1. The van der Waals surface area contributed by atoms with E-state index in [0.717, 1.165) is 29.3 Å². The first-order chi connectivity index (χ1) is 10.5. The molecule has 1 saturated heterocycles. The zero-order chi connectivity index (χ0) is 15.7. The fourth-order valence-corrected chi connectivity index (χ4v) is 3.31. The van der Waals surface area contributed by atoms with E-state index < -0.39 is 5.97 Å². The third kappa shape index (κ3) is 2.95. The predicted molar refractivity (Wildman–Crippen MR) is 84.0 cm³/mol. The van der Waals surface area contributed by atoms with Crippen LogP contribution < -0.4 is 0 Å². The fraction of sp³-hybridized carbons (Fsp3) is 0.375. The third-order valence-corrected chi connectivity index (χ3v) is 4.41. The number of fused-ring (bicyclic) bond motifs is 1. The van der Waals surface area contributed by atoms with Crippen LogP contribution in [0.15, 0.2) is 24.4 Å². The first-order valence-corrected chi connectivity index (χ1v) is 7.69. The number of aromatic amines is 1. The van der Waals surface area contributed by atoms with E-state index in [1.165, 1.54) is 0 Å². The maximum atomic E-state index is 12.5. The number of halogens is 1. The van der Waals surface area contributed by atoms with Gasteiger partial charge in [-0.1, -0.05) is 11.6 Å². The van der Waals surface area contributed by atoms with Gasteiger partial charge in [-0.25, -0.2) is 0 Å². The van der Waals surface area contributed by atoms with Gasteiger partial charge in [0, 0.05) is 34.7 Å². The number of rotatable bonds is 4. The zero-order valence-corrected chi connectivity index (χ0v) is 12.8. The molecule has 1 aliphatic rings. The van der Waals surface area contributed by atoms with Crippen LogP contribution in [-0.4, -0.2) is 39.5 Å². The van der Waals surface area contributed by atoms with Crippen LogP contribution in [0, 0.1) is 0 Å². The molecule has 1 aliphatic heterocycles. The molecular weight excluding hydrogens is 304 g/mol. The number of hydrogen-bond donors (Lipinski definition) is 2. The number of benzene rings is 1. The number of aliphatic carboxylic acids is 1. The molecule has 1 unspecified atom stereocenters. The molecule has 2 N–H and O–H groups in total. The van der Waals surface area contributed by atoms with Crippen LogP contribution in [0.25, 0.3) is 10.9 Å². The van der Waals surface area contributed by atoms with Crippen molar-refractivity contribution in [2.45, 2.75) is 31.7 Å². The number of carbonyl (C=O) groups is 2. The molecule has 0 spiro atoms. The lowest BCUT2D eigenvalue weighted by molar-refractivity contribution is -0.139. The Morgan fingerprint density at radius 1 is 1.41 bits per heavy atom. The summed E-state index contributed by atoms with van der Waals surface area (Å²) in [6, 6.07) is 5.34. The minimum atomic E-state index is -0.858. The summed E-state index contributed by atoms with van der Waals surface area (Å²) in [5.74, 6) is -0.881. The second-order valence-corrected chi connectivity index (χ2v) is 6.10. The van der Waals surface area contributed by atoms with Crippen LogP contribution in [0.2, 0.25) is 5.02 Å². The lowest BCUT2D eigenvalue weighted by Crippen LogP contribution is -2.37. The second-order valence-electron chi connectivity index (χ2n) is 5.66. The zero-order valence-electron chi connectivity index (χ0n) is 12.0. The lowest BCUT2D eigenvalue weighted by atomic mass is 10.1. The topological polar surface area (TPSA) is 73.4 Å². The van der Waals surface area contributed by atoms with Crippen molar-refractivity contribution in [2.75, 3.05) is 6.54 Å². The SMILES string of the molecule is O=C(O)CC1CCCN1C(=O)Cc1c[nH]c2ccc(Cl)cc12. The van der Waals surface area contributed by atoms with Gasteiger partial charge < -0.3 is 15.0 Å². The first-order valence-electron chi connectivity index (χ1n) is 7.31. The fourth-order valence-electron chi connectivity index (χ4n) is 3.14. The Kier molecular flexibility index (Phi) is 4.07. The van der Waals surface area contributed by atoms with Crippen LogP contribution in [-0.2, 0) is 16.0 Å². The summed E-state index contributed by atoms with van der Waals surface area (Å²) < 4.78 is 0. The average molecular weight is 321 g/mol. The van der Waals surface area contributed by atoms with E-state index in [4.69, 9.17) is 16.7 Å². The van der Waals surface area contributed by atoms with Crippen LogP contribution >= 0.6 is 11.6 Å². The molecule has 116 valence electrons. The summed E-state index contributed by atoms with van der Waals surface area (Å²) in [5, 5.41) is 10.5. The molecule has 1 aromatic heterocycles. The lowest BCUT2D eigenvalue weighted by Gasteiger charge is -2.23. The van der Waals surface area contributed by atoms with E-state index in [2.05, 4.69) is 4.98 Å². The third-order valence-electron chi connectivity index (χ3n) is 4.18. The van der Waals surface area contributed by atoms with E-state index in [1.54, 1.807) is 11.0 Å². The average Bonchev–Trinajstić information content (AvgIpc) is 3.05. The monoisotopic (exact) mass is 320 g/mol. The van der Waals surface area contributed by atoms with Gasteiger partial charge in [-0.3, -0.25) is 9.59 Å². The van der Waals surface area contributed by atoms with Gasteiger partial charge in [0.05, 0.1) is 12.8 Å². The molecule has 0 radical (unpaired) electrons. The minimum absolute atomic E-state index is 0.0193. The molecule has 1 atom stereocenters. The molecule has 22 heavy (non-hydrogen) atoms. The Bertz CT molecular complexity index is 725. The summed E-state index contributed by atoms with van der Waals surface area (Å²) in [5.41, 5.74) is 1.83. The van der Waals surface area contributed by atoms with E-state index in [0.29, 0.717) is 11.6 Å². The summed E-state index contributed by atoms with van der Waals surface area (Å²) in [6.45, 7) is 0.639. The minimum Gasteiger partial charge on any atom is -0.481 e. The number of nitrogens with one attached hydrogen (secondary N) is 1. The second kappa shape index (κ2) is 6.01. The quantitative estimate of drug-likeness (QED) is 0.909. The molecule has 0 aliphatic carbocycles. The van der Waals surface area contributed by atoms with Gasteiger partial charge in [0.2, 0.25) is 5.91 Å². The van der Waals surface area contributed by atoms with Gasteiger partial charge in [0.15, 0.2) is 0 Å². The summed E-state index contributed by atoms with van der Waals surface area (Å²) in [6.07, 6.45) is 3.73. The molecule has 2 aromatic rings. The molecule has 0 bridgehead atoms. The van der Waals surface area contributed by atoms with Crippen molar-refractivity contribution in [1.29, 1.82) is 0 Å². The number of amides is 1. The summed E-state index contributed by atoms with van der Waals surface area (Å²) in [4.78, 5) is 28.3. The number of likely N-dealkylation sites (tertiary alicyclic amines) is 1. The van der Waals surface area contributed by atoms with Gasteiger partial charge in [-0.2, -0.15) is 0 Å². The normalized spacial score (nSPS) is 18.0. The van der Waals surface area contributed by atoms with Crippen molar-refractivity contribution >= 4 is 34.4 Å². The highest BCUT2D eigenvalue weighted by Crippen LogP contribution is 2.25. The highest BCUT2D eigenvalue weighted by atomic mass is 35.5. The first kappa shape index (κ1) is 14.9. The van der Waals surface area contributed by atoms with Crippen molar-refractivity contribution in [3.8, 4) is 0 Å². The Morgan fingerprint density at radius 2 is 2.23 bits per heavy atom. The Balaban J connectivity index is 1.78. The Labute approximate surface area is 132 Å². The molecule has 2 heterocycles. The highest BCUT2D eigenvalue weighted by molar-refractivity contribution is 6.31. The molecule has 5 nitrogen and oxygen atoms in total. The van der Waals surface area contributed by atoms with Crippen LogP contribution in [0.3, 0.4) is 0 Å². The maximum Gasteiger partial charge on any atom is 0.305 e. The van der Waals surface area contributed by atoms with Crippen molar-refractivity contribution in [2.24, 2.45) is 0 Å². The molecule has 1 aromatic carbocycles. The van der Waals surface area contributed by atoms with Crippen molar-refractivity contribution < 1.29 is 14.7 Å². The van der Waals surface area contributed by atoms with Gasteiger partial charge in [-0.05, 0) is 36.6 Å². The number of nitrogens with zero attached hydrogens (tertiary/aromatic N) is 1. The Morgan fingerprint density at radius 3 is 3.00 bits per heavy atom. The molecular formula is C16H17ClN2O3. The molecule has 3 rings (SSSR count). The molecule has 1 fully saturated rings. The van der Waals surface area contributed by atoms with Crippen LogP contribution in [0.5, 0.6) is 0 Å². The molecule has 0 saturated carbocycles. The Hall–Kier alpha value is -2.01. The molecule has 1 amide bonds. The van der Waals surface area contributed by atoms with Gasteiger partial charge >= 0.3 is 5.97 Å². The summed E-state index contributed by atoms with van der Waals surface area (Å²) >= 11 is 6.02. The summed E-state index contributed by atoms with van der Waals surface area (Å²) in [7, 11) is 0. The largest absolute Gasteiger partial charge is 0.481 e. The van der Waals surface area contributed by atoms with Crippen molar-refractivity contribution in [3.63, 3.8) is 0 Å².